The third kappa shape index (κ3) is 4.46. The molecule has 0 atom stereocenters. The lowest BCUT2D eigenvalue weighted by Gasteiger charge is -2.12. The Morgan fingerprint density at radius 2 is 1.58 bits per heavy atom. The third-order valence-electron chi connectivity index (χ3n) is 3.68. The van der Waals surface area contributed by atoms with Gasteiger partial charge in [0.2, 0.25) is 5.91 Å². The number of amides is 2. The Hall–Kier alpha value is -3.18. The molecule has 0 aliphatic rings. The van der Waals surface area contributed by atoms with Crippen molar-refractivity contribution in [3.63, 3.8) is 0 Å². The highest BCUT2D eigenvalue weighted by Crippen LogP contribution is 2.23. The van der Waals surface area contributed by atoms with Crippen LogP contribution < -0.4 is 10.6 Å². The Balaban J connectivity index is 1.72. The Bertz CT molecular complexity index is 929. The fraction of sp³-hybridized carbons (Fsp3) is 0.0500. The summed E-state index contributed by atoms with van der Waals surface area (Å²) >= 11 is 6.10. The van der Waals surface area contributed by atoms with Crippen LogP contribution in [0.3, 0.4) is 0 Å². The number of aromatic nitrogens is 1. The Morgan fingerprint density at radius 1 is 0.885 bits per heavy atom. The first-order chi connectivity index (χ1) is 12.6. The minimum absolute atomic E-state index is 0.143. The van der Waals surface area contributed by atoms with Crippen molar-refractivity contribution in [1.82, 2.24) is 4.98 Å². The zero-order valence-electron chi connectivity index (χ0n) is 13.8. The van der Waals surface area contributed by atoms with E-state index in [1.54, 1.807) is 54.7 Å². The Kier molecular flexibility index (Phi) is 5.61. The molecule has 0 radical (unpaired) electrons. The molecule has 3 rings (SSSR count). The van der Waals surface area contributed by atoms with Gasteiger partial charge in [-0.15, -0.1) is 0 Å². The lowest BCUT2D eigenvalue weighted by molar-refractivity contribution is -0.115. The molecule has 2 N–H and O–H groups in total. The van der Waals surface area contributed by atoms with Gasteiger partial charge in [0.25, 0.3) is 5.91 Å². The molecule has 0 saturated carbocycles. The van der Waals surface area contributed by atoms with E-state index in [1.165, 1.54) is 6.20 Å². The summed E-state index contributed by atoms with van der Waals surface area (Å²) in [6.07, 6.45) is 3.22. The van der Waals surface area contributed by atoms with Gasteiger partial charge in [-0.05, 0) is 35.9 Å². The van der Waals surface area contributed by atoms with Crippen molar-refractivity contribution in [2.75, 3.05) is 10.6 Å². The predicted octanol–water partition coefficient (Wildman–Crippen LogP) is 4.17. The van der Waals surface area contributed by atoms with Gasteiger partial charge in [0.15, 0.2) is 0 Å². The molecule has 0 aliphatic heterocycles. The highest BCUT2D eigenvalue weighted by atomic mass is 35.5. The van der Waals surface area contributed by atoms with Crippen LogP contribution in [0.25, 0.3) is 0 Å². The van der Waals surface area contributed by atoms with Gasteiger partial charge in [0, 0.05) is 17.4 Å². The lowest BCUT2D eigenvalue weighted by atomic mass is 10.1. The zero-order valence-corrected chi connectivity index (χ0v) is 14.5. The van der Waals surface area contributed by atoms with E-state index < -0.39 is 0 Å². The molecule has 1 aromatic heterocycles. The number of para-hydroxylation sites is 2. The van der Waals surface area contributed by atoms with Crippen molar-refractivity contribution in [3.8, 4) is 0 Å². The number of nitrogens with one attached hydrogen (secondary N) is 2. The number of carbonyl (C=O) groups is 2. The maximum absolute atomic E-state index is 12.3. The van der Waals surface area contributed by atoms with E-state index in [0.717, 1.165) is 5.56 Å². The lowest BCUT2D eigenvalue weighted by Crippen LogP contribution is -2.18. The molecule has 130 valence electrons. The van der Waals surface area contributed by atoms with Gasteiger partial charge in [-0.1, -0.05) is 41.9 Å². The SMILES string of the molecule is O=C(Cc1ccccc1Cl)Nc1ccccc1NC(=O)c1cccnc1. The summed E-state index contributed by atoms with van der Waals surface area (Å²) in [7, 11) is 0. The maximum atomic E-state index is 12.3. The second-order valence-corrected chi connectivity index (χ2v) is 5.96. The first-order valence-electron chi connectivity index (χ1n) is 7.97. The molecular formula is C20H16ClN3O2. The molecule has 3 aromatic rings. The van der Waals surface area contributed by atoms with E-state index in [-0.39, 0.29) is 18.2 Å². The molecular weight excluding hydrogens is 350 g/mol. The van der Waals surface area contributed by atoms with Crippen molar-refractivity contribution in [3.05, 3.63) is 89.2 Å². The van der Waals surface area contributed by atoms with E-state index in [4.69, 9.17) is 11.6 Å². The summed E-state index contributed by atoms with van der Waals surface area (Å²) in [6.45, 7) is 0. The molecule has 0 aliphatic carbocycles. The van der Waals surface area contributed by atoms with Gasteiger partial charge in [-0.25, -0.2) is 0 Å². The third-order valence-corrected chi connectivity index (χ3v) is 4.05. The molecule has 0 saturated heterocycles. The Morgan fingerprint density at radius 3 is 2.27 bits per heavy atom. The average Bonchev–Trinajstić information content (AvgIpc) is 2.66. The smallest absolute Gasteiger partial charge is 0.257 e. The number of benzene rings is 2. The molecule has 2 aromatic carbocycles. The van der Waals surface area contributed by atoms with Gasteiger partial charge >= 0.3 is 0 Å². The zero-order chi connectivity index (χ0) is 18.4. The van der Waals surface area contributed by atoms with Gasteiger partial charge in [0.1, 0.15) is 0 Å². The largest absolute Gasteiger partial charge is 0.324 e. The van der Waals surface area contributed by atoms with Crippen molar-refractivity contribution < 1.29 is 9.59 Å². The molecule has 5 nitrogen and oxygen atoms in total. The second-order valence-electron chi connectivity index (χ2n) is 5.56. The monoisotopic (exact) mass is 365 g/mol. The summed E-state index contributed by atoms with van der Waals surface area (Å²) in [5.41, 5.74) is 2.20. The predicted molar refractivity (Wildman–Crippen MR) is 102 cm³/mol. The number of hydrogen-bond donors (Lipinski definition) is 2. The van der Waals surface area contributed by atoms with Crippen LogP contribution in [0.15, 0.2) is 73.1 Å². The molecule has 6 heteroatoms. The van der Waals surface area contributed by atoms with E-state index in [0.29, 0.717) is 22.0 Å². The highest BCUT2D eigenvalue weighted by molar-refractivity contribution is 6.31. The number of anilines is 2. The van der Waals surface area contributed by atoms with Crippen LogP contribution in [-0.4, -0.2) is 16.8 Å². The van der Waals surface area contributed by atoms with Gasteiger partial charge in [-0.3, -0.25) is 14.6 Å². The van der Waals surface area contributed by atoms with Crippen LogP contribution in [0.2, 0.25) is 5.02 Å². The van der Waals surface area contributed by atoms with E-state index in [1.807, 2.05) is 12.1 Å². The number of hydrogen-bond acceptors (Lipinski definition) is 3. The molecule has 26 heavy (non-hydrogen) atoms. The summed E-state index contributed by atoms with van der Waals surface area (Å²) in [5, 5.41) is 6.15. The van der Waals surface area contributed by atoms with Crippen LogP contribution >= 0.6 is 11.6 Å². The molecule has 0 bridgehead atoms. The quantitative estimate of drug-likeness (QED) is 0.712. The summed E-state index contributed by atoms with van der Waals surface area (Å²) in [6, 6.07) is 17.6. The fourth-order valence-corrected chi connectivity index (χ4v) is 2.60. The van der Waals surface area contributed by atoms with Crippen molar-refractivity contribution in [1.29, 1.82) is 0 Å². The standard InChI is InChI=1S/C20H16ClN3O2/c21-16-8-2-1-6-14(16)12-19(25)23-17-9-3-4-10-18(17)24-20(26)15-7-5-11-22-13-15/h1-11,13H,12H2,(H,23,25)(H,24,26). The number of nitrogens with zero attached hydrogens (tertiary/aromatic N) is 1. The number of pyridine rings is 1. The molecule has 2 amide bonds. The number of rotatable bonds is 5. The first kappa shape index (κ1) is 17.6. The Labute approximate surface area is 156 Å². The normalized spacial score (nSPS) is 10.2. The van der Waals surface area contributed by atoms with Crippen LogP contribution in [0, 0.1) is 0 Å². The molecule has 1 heterocycles. The number of halogens is 1. The molecule has 0 unspecified atom stereocenters. The van der Waals surface area contributed by atoms with Gasteiger partial charge in [-0.2, -0.15) is 0 Å². The van der Waals surface area contributed by atoms with Gasteiger partial charge in [0.05, 0.1) is 23.4 Å². The first-order valence-corrected chi connectivity index (χ1v) is 8.35. The van der Waals surface area contributed by atoms with Gasteiger partial charge < -0.3 is 10.6 Å². The summed E-state index contributed by atoms with van der Waals surface area (Å²) < 4.78 is 0. The molecule has 0 spiro atoms. The summed E-state index contributed by atoms with van der Waals surface area (Å²) in [4.78, 5) is 28.6. The molecule has 0 fully saturated rings. The van der Waals surface area contributed by atoms with Crippen molar-refractivity contribution in [2.45, 2.75) is 6.42 Å². The van der Waals surface area contributed by atoms with E-state index >= 15 is 0 Å². The van der Waals surface area contributed by atoms with E-state index in [9.17, 15) is 9.59 Å². The van der Waals surface area contributed by atoms with Crippen molar-refractivity contribution >= 4 is 34.8 Å². The fourth-order valence-electron chi connectivity index (χ4n) is 2.40. The van der Waals surface area contributed by atoms with Crippen LogP contribution in [0.4, 0.5) is 11.4 Å². The average molecular weight is 366 g/mol. The van der Waals surface area contributed by atoms with Crippen LogP contribution in [0.1, 0.15) is 15.9 Å². The second kappa shape index (κ2) is 8.27. The summed E-state index contributed by atoms with van der Waals surface area (Å²) in [5.74, 6) is -0.521. The van der Waals surface area contributed by atoms with Crippen molar-refractivity contribution in [2.24, 2.45) is 0 Å². The van der Waals surface area contributed by atoms with Crippen LogP contribution in [0.5, 0.6) is 0 Å². The van der Waals surface area contributed by atoms with E-state index in [2.05, 4.69) is 15.6 Å². The number of carbonyl (C=O) groups excluding carboxylic acids is 2. The van der Waals surface area contributed by atoms with Crippen LogP contribution in [-0.2, 0) is 11.2 Å². The minimum atomic E-state index is -0.300. The maximum Gasteiger partial charge on any atom is 0.257 e. The topological polar surface area (TPSA) is 71.1 Å². The highest BCUT2D eigenvalue weighted by Gasteiger charge is 2.12. The minimum Gasteiger partial charge on any atom is -0.324 e.